The molecule has 0 radical (unpaired) electrons. The van der Waals surface area contributed by atoms with Gasteiger partial charge in [-0.3, -0.25) is 0 Å². The van der Waals surface area contributed by atoms with Crippen molar-refractivity contribution in [2.75, 3.05) is 6.61 Å². The van der Waals surface area contributed by atoms with Gasteiger partial charge in [0, 0.05) is 6.42 Å². The minimum Gasteiger partial charge on any atom is -0.482 e. The molecule has 0 N–H and O–H groups in total. The molecule has 3 nitrogen and oxygen atoms in total. The van der Waals surface area contributed by atoms with E-state index in [1.165, 1.54) is 0 Å². The number of hydrogen-bond acceptors (Lipinski definition) is 3. The average Bonchev–Trinajstić information content (AvgIpc) is 2.84. The predicted octanol–water partition coefficient (Wildman–Crippen LogP) is 2.55. The lowest BCUT2D eigenvalue weighted by molar-refractivity contribution is -0.147. The highest BCUT2D eigenvalue weighted by atomic mass is 35.5. The molecule has 0 heterocycles. The standard InChI is InChI=1S/C11H10Cl2O3/c12-11(13)6-9(11)16-10(14)7-15-8-4-2-1-3-5-8/h1-5,9H,6-7H2. The number of ether oxygens (including phenoxy) is 2. The van der Waals surface area contributed by atoms with Crippen LogP contribution in [0.15, 0.2) is 30.3 Å². The average molecular weight is 261 g/mol. The normalized spacial score (nSPS) is 21.2. The molecule has 1 unspecified atom stereocenters. The van der Waals surface area contributed by atoms with E-state index >= 15 is 0 Å². The fourth-order valence-electron chi connectivity index (χ4n) is 1.17. The number of hydrogen-bond donors (Lipinski definition) is 0. The summed E-state index contributed by atoms with van der Waals surface area (Å²) in [6, 6.07) is 9.04. The first-order chi connectivity index (χ1) is 7.58. The molecule has 1 aliphatic carbocycles. The Morgan fingerprint density at radius 2 is 2.00 bits per heavy atom. The SMILES string of the molecule is O=C(COc1ccccc1)OC1CC1(Cl)Cl. The minimum atomic E-state index is -0.900. The second-order valence-corrected chi connectivity index (χ2v) is 5.09. The van der Waals surface area contributed by atoms with Crippen LogP contribution in [0.25, 0.3) is 0 Å². The van der Waals surface area contributed by atoms with Crippen LogP contribution >= 0.6 is 23.2 Å². The molecular weight excluding hydrogens is 251 g/mol. The van der Waals surface area contributed by atoms with E-state index in [0.29, 0.717) is 12.2 Å². The van der Waals surface area contributed by atoms with Crippen molar-refractivity contribution < 1.29 is 14.3 Å². The fraction of sp³-hybridized carbons (Fsp3) is 0.364. The molecule has 16 heavy (non-hydrogen) atoms. The smallest absolute Gasteiger partial charge is 0.344 e. The van der Waals surface area contributed by atoms with Crippen molar-refractivity contribution in [2.45, 2.75) is 16.9 Å². The van der Waals surface area contributed by atoms with Gasteiger partial charge in [-0.15, -0.1) is 0 Å². The van der Waals surface area contributed by atoms with Crippen molar-refractivity contribution in [1.82, 2.24) is 0 Å². The molecule has 0 bridgehead atoms. The van der Waals surface area contributed by atoms with E-state index in [-0.39, 0.29) is 6.61 Å². The van der Waals surface area contributed by atoms with Crippen LogP contribution in [0.3, 0.4) is 0 Å². The van der Waals surface area contributed by atoms with Crippen molar-refractivity contribution in [3.8, 4) is 5.75 Å². The summed E-state index contributed by atoms with van der Waals surface area (Å²) in [5, 5.41) is 0. The van der Waals surface area contributed by atoms with Gasteiger partial charge in [-0.25, -0.2) is 4.79 Å². The molecule has 0 aromatic heterocycles. The van der Waals surface area contributed by atoms with E-state index in [4.69, 9.17) is 32.7 Å². The number of carbonyl (C=O) groups excluding carboxylic acids is 1. The molecule has 1 fully saturated rings. The predicted molar refractivity (Wildman–Crippen MR) is 60.9 cm³/mol. The van der Waals surface area contributed by atoms with Crippen LogP contribution in [0.2, 0.25) is 0 Å². The maximum atomic E-state index is 11.3. The van der Waals surface area contributed by atoms with E-state index in [1.54, 1.807) is 12.1 Å². The van der Waals surface area contributed by atoms with E-state index in [9.17, 15) is 4.79 Å². The Balaban J connectivity index is 1.73. The van der Waals surface area contributed by atoms with Gasteiger partial charge in [0.2, 0.25) is 0 Å². The number of rotatable bonds is 4. The first-order valence-corrected chi connectivity index (χ1v) is 5.59. The van der Waals surface area contributed by atoms with Gasteiger partial charge >= 0.3 is 5.97 Å². The maximum Gasteiger partial charge on any atom is 0.344 e. The minimum absolute atomic E-state index is 0.135. The fourth-order valence-corrected chi connectivity index (χ4v) is 1.54. The largest absolute Gasteiger partial charge is 0.482 e. The lowest BCUT2D eigenvalue weighted by Crippen LogP contribution is -2.17. The molecule has 0 amide bonds. The summed E-state index contributed by atoms with van der Waals surface area (Å²) < 4.78 is 9.27. The van der Waals surface area contributed by atoms with Crippen molar-refractivity contribution in [2.24, 2.45) is 0 Å². The van der Waals surface area contributed by atoms with Crippen LogP contribution < -0.4 is 4.74 Å². The Bertz CT molecular complexity index is 378. The summed E-state index contributed by atoms with van der Waals surface area (Å²) in [4.78, 5) is 11.3. The summed E-state index contributed by atoms with van der Waals surface area (Å²) in [6.45, 7) is -0.135. The van der Waals surface area contributed by atoms with Crippen molar-refractivity contribution in [1.29, 1.82) is 0 Å². The quantitative estimate of drug-likeness (QED) is 0.617. The number of alkyl halides is 2. The Labute approximate surface area is 103 Å². The summed E-state index contributed by atoms with van der Waals surface area (Å²) >= 11 is 11.4. The second-order valence-electron chi connectivity index (χ2n) is 3.55. The van der Waals surface area contributed by atoms with E-state index in [1.807, 2.05) is 18.2 Å². The lowest BCUT2D eigenvalue weighted by atomic mass is 10.3. The molecule has 2 rings (SSSR count). The number of benzene rings is 1. The monoisotopic (exact) mass is 260 g/mol. The number of halogens is 2. The highest BCUT2D eigenvalue weighted by molar-refractivity contribution is 6.51. The van der Waals surface area contributed by atoms with Gasteiger partial charge in [0.1, 0.15) is 11.9 Å². The molecular formula is C11H10Cl2O3. The Kier molecular flexibility index (Phi) is 3.26. The number of para-hydroxylation sites is 1. The summed E-state index contributed by atoms with van der Waals surface area (Å²) in [5.74, 6) is 0.162. The molecule has 0 spiro atoms. The molecule has 0 saturated heterocycles. The molecule has 0 aliphatic heterocycles. The highest BCUT2D eigenvalue weighted by Gasteiger charge is 2.55. The van der Waals surface area contributed by atoms with Gasteiger partial charge in [-0.05, 0) is 12.1 Å². The summed E-state index contributed by atoms with van der Waals surface area (Å²) in [7, 11) is 0. The molecule has 86 valence electrons. The van der Waals surface area contributed by atoms with Crippen LogP contribution in [-0.4, -0.2) is 23.0 Å². The van der Waals surface area contributed by atoms with Crippen molar-refractivity contribution in [3.05, 3.63) is 30.3 Å². The van der Waals surface area contributed by atoms with E-state index in [0.717, 1.165) is 0 Å². The molecule has 1 saturated carbocycles. The summed E-state index contributed by atoms with van der Waals surface area (Å²) in [5.41, 5.74) is 0. The van der Waals surface area contributed by atoms with Gasteiger partial charge in [-0.2, -0.15) is 0 Å². The first kappa shape index (κ1) is 11.6. The van der Waals surface area contributed by atoms with Gasteiger partial charge in [0.25, 0.3) is 0 Å². The van der Waals surface area contributed by atoms with Crippen LogP contribution in [-0.2, 0) is 9.53 Å². The summed E-state index contributed by atoms with van der Waals surface area (Å²) in [6.07, 6.45) is 0.0791. The number of esters is 1. The third-order valence-electron chi connectivity index (χ3n) is 2.14. The highest BCUT2D eigenvalue weighted by Crippen LogP contribution is 2.49. The van der Waals surface area contributed by atoms with E-state index in [2.05, 4.69) is 0 Å². The molecule has 1 aliphatic rings. The van der Waals surface area contributed by atoms with Crippen LogP contribution in [0.5, 0.6) is 5.75 Å². The third-order valence-corrected chi connectivity index (χ3v) is 2.94. The molecule has 1 aromatic carbocycles. The van der Waals surface area contributed by atoms with E-state index < -0.39 is 16.4 Å². The zero-order valence-electron chi connectivity index (χ0n) is 8.36. The molecule has 1 atom stereocenters. The maximum absolute atomic E-state index is 11.3. The first-order valence-electron chi connectivity index (χ1n) is 4.83. The third kappa shape index (κ3) is 3.03. The zero-order valence-corrected chi connectivity index (χ0v) is 9.87. The topological polar surface area (TPSA) is 35.5 Å². The molecule has 1 aromatic rings. The Morgan fingerprint density at radius 1 is 1.38 bits per heavy atom. The van der Waals surface area contributed by atoms with Crippen LogP contribution in [0.4, 0.5) is 0 Å². The van der Waals surface area contributed by atoms with Crippen LogP contribution in [0.1, 0.15) is 6.42 Å². The Hall–Kier alpha value is -0.930. The van der Waals surface area contributed by atoms with Gasteiger partial charge in [0.05, 0.1) is 0 Å². The Morgan fingerprint density at radius 3 is 2.56 bits per heavy atom. The number of carbonyl (C=O) groups is 1. The van der Waals surface area contributed by atoms with Gasteiger partial charge in [-0.1, -0.05) is 41.4 Å². The second kappa shape index (κ2) is 4.52. The lowest BCUT2D eigenvalue weighted by Gasteiger charge is -2.06. The van der Waals surface area contributed by atoms with Gasteiger partial charge in [0.15, 0.2) is 10.9 Å². The van der Waals surface area contributed by atoms with Crippen LogP contribution in [0, 0.1) is 0 Å². The van der Waals surface area contributed by atoms with Gasteiger partial charge < -0.3 is 9.47 Å². The zero-order chi connectivity index (χ0) is 11.6. The van der Waals surface area contributed by atoms with Crippen molar-refractivity contribution >= 4 is 29.2 Å². The van der Waals surface area contributed by atoms with Crippen molar-refractivity contribution in [3.63, 3.8) is 0 Å². The molecule has 5 heteroatoms.